The maximum atomic E-state index is 11.2. The van der Waals surface area contributed by atoms with Crippen molar-refractivity contribution >= 4 is 5.91 Å². The van der Waals surface area contributed by atoms with Gasteiger partial charge in [0.1, 0.15) is 0 Å². The minimum absolute atomic E-state index is 0.289. The van der Waals surface area contributed by atoms with Gasteiger partial charge in [0.2, 0.25) is 5.91 Å². The van der Waals surface area contributed by atoms with E-state index in [1.807, 2.05) is 18.2 Å². The van der Waals surface area contributed by atoms with Gasteiger partial charge in [-0.05, 0) is 30.5 Å². The normalized spacial score (nSPS) is 15.6. The lowest BCUT2D eigenvalue weighted by Gasteiger charge is -2.27. The van der Waals surface area contributed by atoms with Crippen LogP contribution in [-0.2, 0) is 11.3 Å². The molecule has 2 N–H and O–H groups in total. The van der Waals surface area contributed by atoms with Crippen molar-refractivity contribution in [3.05, 3.63) is 35.4 Å². The number of nitrogens with two attached hydrogens (primary N) is 1. The second-order valence-corrected chi connectivity index (χ2v) is 5.12. The number of primary amides is 1. The molecule has 0 unspecified atom stereocenters. The van der Waals surface area contributed by atoms with Crippen LogP contribution in [0.4, 0.5) is 0 Å². The molecule has 0 saturated heterocycles. The Bertz CT molecular complexity index is 486. The highest BCUT2D eigenvalue weighted by Crippen LogP contribution is 2.24. The van der Waals surface area contributed by atoms with Crippen LogP contribution in [0.2, 0.25) is 0 Å². The zero-order chi connectivity index (χ0) is 13.7. The minimum atomic E-state index is -0.289. The van der Waals surface area contributed by atoms with Gasteiger partial charge in [0.05, 0.1) is 18.2 Å². The van der Waals surface area contributed by atoms with Gasteiger partial charge in [-0.25, -0.2) is 0 Å². The number of amides is 1. The third-order valence-corrected chi connectivity index (χ3v) is 3.64. The molecule has 1 saturated carbocycles. The van der Waals surface area contributed by atoms with Crippen molar-refractivity contribution in [2.75, 3.05) is 6.54 Å². The van der Waals surface area contributed by atoms with E-state index in [-0.39, 0.29) is 5.91 Å². The molecule has 0 bridgehead atoms. The molecule has 19 heavy (non-hydrogen) atoms. The second kappa shape index (κ2) is 6.35. The molecule has 1 aliphatic carbocycles. The quantitative estimate of drug-likeness (QED) is 0.874. The molecular weight excluding hydrogens is 238 g/mol. The first-order valence-corrected chi connectivity index (χ1v) is 6.70. The molecule has 100 valence electrons. The van der Waals surface area contributed by atoms with E-state index in [1.54, 1.807) is 6.07 Å². The summed E-state index contributed by atoms with van der Waals surface area (Å²) in [5.41, 5.74) is 7.06. The number of hydrogen-bond acceptors (Lipinski definition) is 3. The Hall–Kier alpha value is -1.86. The third kappa shape index (κ3) is 3.80. The first-order valence-electron chi connectivity index (χ1n) is 6.70. The summed E-state index contributed by atoms with van der Waals surface area (Å²) in [6.45, 7) is 0.977. The van der Waals surface area contributed by atoms with E-state index in [2.05, 4.69) is 11.0 Å². The fraction of sp³-hybridized carbons (Fsp3) is 0.467. The maximum absolute atomic E-state index is 11.2. The van der Waals surface area contributed by atoms with Crippen molar-refractivity contribution in [1.29, 1.82) is 5.26 Å². The van der Waals surface area contributed by atoms with Gasteiger partial charge in [-0.3, -0.25) is 9.69 Å². The van der Waals surface area contributed by atoms with Crippen LogP contribution >= 0.6 is 0 Å². The van der Waals surface area contributed by atoms with E-state index < -0.39 is 0 Å². The number of nitriles is 1. The molecule has 0 spiro atoms. The highest BCUT2D eigenvalue weighted by molar-refractivity contribution is 5.76. The summed E-state index contributed by atoms with van der Waals surface area (Å²) >= 11 is 0. The molecule has 1 aromatic carbocycles. The Morgan fingerprint density at radius 1 is 1.42 bits per heavy atom. The molecule has 1 fully saturated rings. The van der Waals surface area contributed by atoms with E-state index >= 15 is 0 Å². The van der Waals surface area contributed by atoms with Gasteiger partial charge < -0.3 is 5.73 Å². The highest BCUT2D eigenvalue weighted by atomic mass is 16.1. The molecule has 0 aliphatic heterocycles. The van der Waals surface area contributed by atoms with Crippen molar-refractivity contribution in [3.8, 4) is 6.07 Å². The summed E-state index contributed by atoms with van der Waals surface area (Å²) in [4.78, 5) is 13.4. The lowest BCUT2D eigenvalue weighted by atomic mass is 10.1. The average Bonchev–Trinajstić information content (AvgIpc) is 2.91. The topological polar surface area (TPSA) is 70.1 Å². The predicted molar refractivity (Wildman–Crippen MR) is 73.0 cm³/mol. The van der Waals surface area contributed by atoms with Crippen molar-refractivity contribution < 1.29 is 4.79 Å². The second-order valence-electron chi connectivity index (χ2n) is 5.12. The smallest absolute Gasteiger partial charge is 0.231 e. The molecular formula is C15H19N3O. The Labute approximate surface area is 113 Å². The monoisotopic (exact) mass is 257 g/mol. The zero-order valence-electron chi connectivity index (χ0n) is 11.0. The number of hydrogen-bond donors (Lipinski definition) is 1. The van der Waals surface area contributed by atoms with Gasteiger partial charge in [0.25, 0.3) is 0 Å². The molecule has 4 heteroatoms. The summed E-state index contributed by atoms with van der Waals surface area (Å²) in [6, 6.07) is 10.1. The minimum Gasteiger partial charge on any atom is -0.369 e. The molecule has 0 aromatic heterocycles. The van der Waals surface area contributed by atoms with Crippen LogP contribution in [0.1, 0.15) is 36.8 Å². The van der Waals surface area contributed by atoms with Crippen LogP contribution in [0.25, 0.3) is 0 Å². The number of carbonyl (C=O) groups excluding carboxylic acids is 1. The average molecular weight is 257 g/mol. The Morgan fingerprint density at radius 3 is 2.79 bits per heavy atom. The van der Waals surface area contributed by atoms with E-state index in [0.29, 0.717) is 24.7 Å². The highest BCUT2D eigenvalue weighted by Gasteiger charge is 2.23. The van der Waals surface area contributed by atoms with Crippen molar-refractivity contribution in [1.82, 2.24) is 4.90 Å². The van der Waals surface area contributed by atoms with Crippen LogP contribution in [0, 0.1) is 11.3 Å². The van der Waals surface area contributed by atoms with E-state index in [4.69, 9.17) is 11.0 Å². The summed E-state index contributed by atoms with van der Waals surface area (Å²) in [5.74, 6) is -0.289. The SMILES string of the molecule is N#Cc1cccc(CN(CC(N)=O)C2CCCC2)c1. The molecule has 1 aromatic rings. The molecule has 4 nitrogen and oxygen atoms in total. The van der Waals surface area contributed by atoms with Crippen LogP contribution < -0.4 is 5.73 Å². The summed E-state index contributed by atoms with van der Waals surface area (Å²) < 4.78 is 0. The van der Waals surface area contributed by atoms with Gasteiger partial charge >= 0.3 is 0 Å². The van der Waals surface area contributed by atoms with E-state index in [1.165, 1.54) is 12.8 Å². The van der Waals surface area contributed by atoms with Crippen molar-refractivity contribution in [2.45, 2.75) is 38.3 Å². The number of rotatable bonds is 5. The van der Waals surface area contributed by atoms with E-state index in [9.17, 15) is 4.79 Å². The van der Waals surface area contributed by atoms with E-state index in [0.717, 1.165) is 18.4 Å². The van der Waals surface area contributed by atoms with Crippen LogP contribution in [0.15, 0.2) is 24.3 Å². The third-order valence-electron chi connectivity index (χ3n) is 3.64. The Balaban J connectivity index is 2.10. The number of benzene rings is 1. The lowest BCUT2D eigenvalue weighted by Crippen LogP contribution is -2.39. The van der Waals surface area contributed by atoms with Gasteiger partial charge in [-0.15, -0.1) is 0 Å². The van der Waals surface area contributed by atoms with Crippen LogP contribution in [0.3, 0.4) is 0 Å². The molecule has 1 amide bonds. The predicted octanol–water partition coefficient (Wildman–Crippen LogP) is 1.79. The number of nitrogens with zero attached hydrogens (tertiary/aromatic N) is 2. The van der Waals surface area contributed by atoms with Gasteiger partial charge in [0.15, 0.2) is 0 Å². The fourth-order valence-corrected chi connectivity index (χ4v) is 2.76. The van der Waals surface area contributed by atoms with Gasteiger partial charge in [-0.2, -0.15) is 5.26 Å². The molecule has 0 atom stereocenters. The summed E-state index contributed by atoms with van der Waals surface area (Å²) in [5, 5.41) is 8.92. The van der Waals surface area contributed by atoms with Crippen LogP contribution in [0.5, 0.6) is 0 Å². The Kier molecular flexibility index (Phi) is 4.53. The summed E-state index contributed by atoms with van der Waals surface area (Å²) in [6.07, 6.45) is 4.70. The zero-order valence-corrected chi connectivity index (χ0v) is 11.0. The summed E-state index contributed by atoms with van der Waals surface area (Å²) in [7, 11) is 0. The molecule has 2 rings (SSSR count). The molecule has 1 aliphatic rings. The first kappa shape index (κ1) is 13.6. The first-order chi connectivity index (χ1) is 9.19. The van der Waals surface area contributed by atoms with Crippen LogP contribution in [-0.4, -0.2) is 23.4 Å². The van der Waals surface area contributed by atoms with Gasteiger partial charge in [-0.1, -0.05) is 25.0 Å². The number of carbonyl (C=O) groups is 1. The fourth-order valence-electron chi connectivity index (χ4n) is 2.76. The van der Waals surface area contributed by atoms with Crippen molar-refractivity contribution in [2.24, 2.45) is 5.73 Å². The Morgan fingerprint density at radius 2 is 2.16 bits per heavy atom. The maximum Gasteiger partial charge on any atom is 0.231 e. The van der Waals surface area contributed by atoms with Crippen molar-refractivity contribution in [3.63, 3.8) is 0 Å². The molecule has 0 radical (unpaired) electrons. The largest absolute Gasteiger partial charge is 0.369 e. The lowest BCUT2D eigenvalue weighted by molar-refractivity contribution is -0.119. The molecule has 0 heterocycles. The standard InChI is InChI=1S/C15H19N3O/c16-9-12-4-3-5-13(8-12)10-18(11-15(17)19)14-6-1-2-7-14/h3-5,8,14H,1-2,6-7,10-11H2,(H2,17,19). The van der Waals surface area contributed by atoms with Gasteiger partial charge in [0, 0.05) is 12.6 Å².